The molecule has 1 amide bonds. The minimum atomic E-state index is -0.249. The number of guanidine groups is 1. The number of hydrogen-bond acceptors (Lipinski definition) is 3. The maximum Gasteiger partial charge on any atom is 0.291 e. The molecule has 0 spiro atoms. The second-order valence-corrected chi connectivity index (χ2v) is 6.70. The number of anilines is 1. The zero-order valence-electron chi connectivity index (χ0n) is 15.8. The number of likely N-dealkylation sites (tertiary alicyclic amines) is 1. The van der Waals surface area contributed by atoms with Crippen LogP contribution in [0.2, 0.25) is 0 Å². The molecule has 0 radical (unpaired) electrons. The second kappa shape index (κ2) is 10.3. The molecule has 2 heterocycles. The van der Waals surface area contributed by atoms with Crippen LogP contribution in [-0.2, 0) is 6.54 Å². The van der Waals surface area contributed by atoms with Gasteiger partial charge >= 0.3 is 0 Å². The van der Waals surface area contributed by atoms with Gasteiger partial charge in [0.1, 0.15) is 0 Å². The van der Waals surface area contributed by atoms with E-state index in [2.05, 4.69) is 27.4 Å². The Morgan fingerprint density at radius 2 is 1.93 bits per heavy atom. The number of hydrogen-bond donors (Lipinski definition) is 2. The molecule has 1 aromatic carbocycles. The van der Waals surface area contributed by atoms with Gasteiger partial charge in [-0.1, -0.05) is 19.1 Å². The first-order valence-electron chi connectivity index (χ1n) is 9.05. The van der Waals surface area contributed by atoms with Crippen molar-refractivity contribution in [1.29, 1.82) is 0 Å². The first kappa shape index (κ1) is 21.3. The second-order valence-electron chi connectivity index (χ2n) is 6.70. The van der Waals surface area contributed by atoms with Crippen molar-refractivity contribution in [3.8, 4) is 0 Å². The number of benzene rings is 1. The number of aliphatic imine (C=N–C) groups is 1. The van der Waals surface area contributed by atoms with Crippen LogP contribution in [0.1, 0.15) is 35.9 Å². The third-order valence-corrected chi connectivity index (χ3v) is 4.70. The lowest BCUT2D eigenvalue weighted by Gasteiger charge is -2.32. The summed E-state index contributed by atoms with van der Waals surface area (Å²) in [4.78, 5) is 18.7. The molecule has 6 nitrogen and oxygen atoms in total. The van der Waals surface area contributed by atoms with Gasteiger partial charge in [-0.3, -0.25) is 9.79 Å². The molecule has 1 aliphatic rings. The molecule has 1 aromatic heterocycles. The minimum absolute atomic E-state index is 0. The zero-order chi connectivity index (χ0) is 18.4. The van der Waals surface area contributed by atoms with Crippen LogP contribution in [0.5, 0.6) is 0 Å². The largest absolute Gasteiger partial charge is 0.459 e. The summed E-state index contributed by atoms with van der Waals surface area (Å²) in [6.07, 6.45) is 3.91. The highest BCUT2D eigenvalue weighted by molar-refractivity contribution is 14.0. The van der Waals surface area contributed by atoms with Gasteiger partial charge in [-0.2, -0.15) is 0 Å². The summed E-state index contributed by atoms with van der Waals surface area (Å²) in [6.45, 7) is 5.11. The van der Waals surface area contributed by atoms with Crippen molar-refractivity contribution in [2.24, 2.45) is 10.9 Å². The molecule has 0 aliphatic carbocycles. The van der Waals surface area contributed by atoms with Gasteiger partial charge in [-0.15, -0.1) is 24.0 Å². The van der Waals surface area contributed by atoms with E-state index in [4.69, 9.17) is 4.42 Å². The number of halogens is 1. The molecule has 0 saturated carbocycles. The minimum Gasteiger partial charge on any atom is -0.459 e. The number of carbonyl (C=O) groups is 1. The van der Waals surface area contributed by atoms with Gasteiger partial charge in [0, 0.05) is 32.4 Å². The highest BCUT2D eigenvalue weighted by Crippen LogP contribution is 2.16. The Morgan fingerprint density at radius 1 is 1.22 bits per heavy atom. The molecule has 0 atom stereocenters. The lowest BCUT2D eigenvalue weighted by molar-refractivity contribution is 0.0996. The number of amides is 1. The quantitative estimate of drug-likeness (QED) is 0.394. The van der Waals surface area contributed by atoms with Crippen molar-refractivity contribution in [2.75, 3.05) is 25.5 Å². The van der Waals surface area contributed by atoms with Crippen molar-refractivity contribution in [3.05, 3.63) is 54.0 Å². The maximum atomic E-state index is 12.0. The standard InChI is InChI=1S/C20H26N4O2.HI/c1-15-9-11-24(12-10-15)20(21-2)22-14-16-5-7-17(8-6-16)23-19(25)18-4-3-13-26-18;/h3-8,13,15H,9-12,14H2,1-2H3,(H,21,22)(H,23,25);1H. The van der Waals surface area contributed by atoms with Crippen LogP contribution in [0.3, 0.4) is 0 Å². The third-order valence-electron chi connectivity index (χ3n) is 4.70. The van der Waals surface area contributed by atoms with Gasteiger partial charge in [0.05, 0.1) is 6.26 Å². The number of nitrogens with one attached hydrogen (secondary N) is 2. The van der Waals surface area contributed by atoms with Crippen LogP contribution in [0.4, 0.5) is 5.69 Å². The molecule has 1 aliphatic heterocycles. The fraction of sp³-hybridized carbons (Fsp3) is 0.400. The van der Waals surface area contributed by atoms with E-state index in [1.54, 1.807) is 12.1 Å². The Labute approximate surface area is 177 Å². The molecule has 3 rings (SSSR count). The topological polar surface area (TPSA) is 69.9 Å². The van der Waals surface area contributed by atoms with Crippen molar-refractivity contribution in [3.63, 3.8) is 0 Å². The van der Waals surface area contributed by atoms with Gasteiger partial charge in [-0.05, 0) is 48.6 Å². The Kier molecular flexibility index (Phi) is 8.15. The van der Waals surface area contributed by atoms with Gasteiger partial charge < -0.3 is 20.0 Å². The smallest absolute Gasteiger partial charge is 0.291 e. The highest BCUT2D eigenvalue weighted by atomic mass is 127. The van der Waals surface area contributed by atoms with Crippen molar-refractivity contribution < 1.29 is 9.21 Å². The third kappa shape index (κ3) is 5.98. The van der Waals surface area contributed by atoms with Crippen LogP contribution in [0.25, 0.3) is 0 Å². The molecular weight excluding hydrogens is 455 g/mol. The average Bonchev–Trinajstić information content (AvgIpc) is 3.20. The van der Waals surface area contributed by atoms with E-state index in [1.165, 1.54) is 19.1 Å². The van der Waals surface area contributed by atoms with Crippen LogP contribution in [0, 0.1) is 5.92 Å². The van der Waals surface area contributed by atoms with E-state index in [9.17, 15) is 4.79 Å². The Morgan fingerprint density at radius 3 is 2.52 bits per heavy atom. The van der Waals surface area contributed by atoms with E-state index in [-0.39, 0.29) is 29.9 Å². The monoisotopic (exact) mass is 482 g/mol. The lowest BCUT2D eigenvalue weighted by atomic mass is 9.99. The van der Waals surface area contributed by atoms with Gasteiger partial charge in [0.2, 0.25) is 0 Å². The highest BCUT2D eigenvalue weighted by Gasteiger charge is 2.18. The van der Waals surface area contributed by atoms with Crippen LogP contribution in [0.15, 0.2) is 52.1 Å². The van der Waals surface area contributed by atoms with Crippen molar-refractivity contribution in [2.45, 2.75) is 26.3 Å². The normalized spacial score (nSPS) is 15.2. The van der Waals surface area contributed by atoms with E-state index in [1.807, 2.05) is 31.3 Å². The molecule has 1 saturated heterocycles. The fourth-order valence-corrected chi connectivity index (χ4v) is 3.04. The number of furan rings is 1. The Bertz CT molecular complexity index is 736. The summed E-state index contributed by atoms with van der Waals surface area (Å²) in [5.41, 5.74) is 1.87. The van der Waals surface area contributed by atoms with E-state index < -0.39 is 0 Å². The molecule has 0 unspecified atom stereocenters. The van der Waals surface area contributed by atoms with Gasteiger partial charge in [0.25, 0.3) is 5.91 Å². The van der Waals surface area contributed by atoms with E-state index in [0.29, 0.717) is 12.3 Å². The Hall–Kier alpha value is -2.03. The first-order chi connectivity index (χ1) is 12.7. The number of carbonyl (C=O) groups excluding carboxylic acids is 1. The van der Waals surface area contributed by atoms with Gasteiger partial charge in [-0.25, -0.2) is 0 Å². The fourth-order valence-electron chi connectivity index (χ4n) is 3.04. The number of piperidine rings is 1. The summed E-state index contributed by atoms with van der Waals surface area (Å²) < 4.78 is 5.09. The van der Waals surface area contributed by atoms with Crippen molar-refractivity contribution >= 4 is 41.5 Å². The summed E-state index contributed by atoms with van der Waals surface area (Å²) in [7, 11) is 1.83. The molecule has 7 heteroatoms. The number of nitrogens with zero attached hydrogens (tertiary/aromatic N) is 2. The number of rotatable bonds is 4. The summed E-state index contributed by atoms with van der Waals surface area (Å²) in [5.74, 6) is 1.80. The Balaban J connectivity index is 0.00000261. The lowest BCUT2D eigenvalue weighted by Crippen LogP contribution is -2.45. The zero-order valence-corrected chi connectivity index (χ0v) is 18.1. The summed E-state index contributed by atoms with van der Waals surface area (Å²) >= 11 is 0. The molecular formula is C20H27IN4O2. The molecule has 27 heavy (non-hydrogen) atoms. The van der Waals surface area contributed by atoms with E-state index >= 15 is 0 Å². The maximum absolute atomic E-state index is 12.0. The first-order valence-corrected chi connectivity index (χ1v) is 9.05. The van der Waals surface area contributed by atoms with E-state index in [0.717, 1.165) is 36.2 Å². The van der Waals surface area contributed by atoms with Crippen molar-refractivity contribution in [1.82, 2.24) is 10.2 Å². The molecule has 2 aromatic rings. The molecule has 0 bridgehead atoms. The molecule has 1 fully saturated rings. The molecule has 146 valence electrons. The summed E-state index contributed by atoms with van der Waals surface area (Å²) in [5, 5.41) is 6.24. The SMILES string of the molecule is CN=C(NCc1ccc(NC(=O)c2ccco2)cc1)N1CCC(C)CC1.I. The predicted octanol–water partition coefficient (Wildman–Crippen LogP) is 3.96. The van der Waals surface area contributed by atoms with Crippen LogP contribution >= 0.6 is 24.0 Å². The van der Waals surface area contributed by atoms with Gasteiger partial charge in [0.15, 0.2) is 11.7 Å². The van der Waals surface area contributed by atoms with Crippen LogP contribution < -0.4 is 10.6 Å². The molecule has 2 N–H and O–H groups in total. The average molecular weight is 482 g/mol. The summed E-state index contributed by atoms with van der Waals surface area (Å²) in [6, 6.07) is 11.1. The predicted molar refractivity (Wildman–Crippen MR) is 119 cm³/mol. The van der Waals surface area contributed by atoms with Crippen LogP contribution in [-0.4, -0.2) is 36.9 Å².